The number of nitrogens with zero attached hydrogens (tertiary/aromatic N) is 5. The van der Waals surface area contributed by atoms with Crippen molar-refractivity contribution < 1.29 is 9.18 Å². The summed E-state index contributed by atoms with van der Waals surface area (Å²) in [5, 5.41) is 4.25. The van der Waals surface area contributed by atoms with Gasteiger partial charge in [-0.3, -0.25) is 9.59 Å². The van der Waals surface area contributed by atoms with Crippen molar-refractivity contribution in [1.29, 1.82) is 0 Å². The molecule has 0 bridgehead atoms. The molecule has 3 rings (SSSR count). The van der Waals surface area contributed by atoms with Gasteiger partial charge in [0.1, 0.15) is 17.7 Å². The third kappa shape index (κ3) is 4.88. The van der Waals surface area contributed by atoms with Gasteiger partial charge >= 0.3 is 0 Å². The van der Waals surface area contributed by atoms with E-state index in [-0.39, 0.29) is 18.4 Å². The molecule has 8 nitrogen and oxygen atoms in total. The number of aromatic nitrogens is 4. The van der Waals surface area contributed by atoms with Gasteiger partial charge in [0.05, 0.1) is 30.7 Å². The normalized spacial score (nSPS) is 19.5. The lowest BCUT2D eigenvalue weighted by molar-refractivity contribution is -0.126. The topological polar surface area (TPSA) is 107 Å². The van der Waals surface area contributed by atoms with Crippen molar-refractivity contribution in [3.05, 3.63) is 75.3 Å². The third-order valence-corrected chi connectivity index (χ3v) is 5.35. The number of carbonyl (C=O) groups is 1. The molecule has 0 saturated carbocycles. The second-order valence-electron chi connectivity index (χ2n) is 7.90. The maximum absolute atomic E-state index is 13.8. The molecule has 2 atom stereocenters. The number of amides is 1. The molecular formula is C23H27FN6O2. The molecule has 1 aliphatic rings. The Morgan fingerprint density at radius 3 is 2.44 bits per heavy atom. The van der Waals surface area contributed by atoms with Crippen LogP contribution in [0.15, 0.2) is 58.3 Å². The Hall–Kier alpha value is -3.46. The highest BCUT2D eigenvalue weighted by molar-refractivity contribution is 5.92. The van der Waals surface area contributed by atoms with Gasteiger partial charge in [0.25, 0.3) is 5.56 Å². The number of hydrogen-bond acceptors (Lipinski definition) is 6. The van der Waals surface area contributed by atoms with E-state index in [4.69, 9.17) is 5.73 Å². The number of nitrogens with two attached hydrogens (primary N) is 1. The van der Waals surface area contributed by atoms with Crippen molar-refractivity contribution in [3.63, 3.8) is 0 Å². The molecule has 0 saturated heterocycles. The second kappa shape index (κ2) is 9.35. The minimum atomic E-state index is -1.23. The number of rotatable bonds is 4. The fourth-order valence-electron chi connectivity index (χ4n) is 3.39. The molecule has 3 heterocycles. The molecule has 1 unspecified atom stereocenters. The molecule has 0 radical (unpaired) electrons. The van der Waals surface area contributed by atoms with Crippen molar-refractivity contribution in [2.75, 3.05) is 7.05 Å². The summed E-state index contributed by atoms with van der Waals surface area (Å²) in [5.41, 5.74) is 9.15. The zero-order chi connectivity index (χ0) is 23.6. The first-order chi connectivity index (χ1) is 15.1. The Morgan fingerprint density at radius 2 is 1.88 bits per heavy atom. The van der Waals surface area contributed by atoms with Gasteiger partial charge in [-0.2, -0.15) is 9.78 Å². The summed E-state index contributed by atoms with van der Waals surface area (Å²) < 4.78 is 15.0. The first-order valence-electron chi connectivity index (χ1n) is 10.3. The zero-order valence-corrected chi connectivity index (χ0v) is 18.8. The van der Waals surface area contributed by atoms with Crippen molar-refractivity contribution in [1.82, 2.24) is 24.6 Å². The predicted octanol–water partition coefficient (Wildman–Crippen LogP) is 2.48. The van der Waals surface area contributed by atoms with E-state index in [0.717, 1.165) is 5.57 Å². The number of alkyl halides is 1. The smallest absolute Gasteiger partial charge is 0.272 e. The van der Waals surface area contributed by atoms with E-state index in [2.05, 4.69) is 15.1 Å². The van der Waals surface area contributed by atoms with Crippen LogP contribution in [0.1, 0.15) is 38.6 Å². The largest absolute Gasteiger partial charge is 0.324 e. The SMILES string of the molecule is C/C(=C1/C=C(c2cnn(-c3cnc(C)nc3)c(=O)c2)N(C)C(=O)C/C1=C/C(C)F)[C@@H](C)N. The average molecular weight is 439 g/mol. The third-order valence-electron chi connectivity index (χ3n) is 5.35. The Morgan fingerprint density at radius 1 is 1.22 bits per heavy atom. The van der Waals surface area contributed by atoms with Crippen molar-refractivity contribution in [3.8, 4) is 5.69 Å². The maximum Gasteiger partial charge on any atom is 0.272 e. The van der Waals surface area contributed by atoms with Crippen LogP contribution in [-0.2, 0) is 4.79 Å². The molecule has 2 aromatic rings. The van der Waals surface area contributed by atoms with Gasteiger partial charge in [-0.05, 0) is 56.6 Å². The van der Waals surface area contributed by atoms with Gasteiger partial charge in [0.15, 0.2) is 0 Å². The minimum Gasteiger partial charge on any atom is -0.324 e. The first-order valence-corrected chi connectivity index (χ1v) is 10.3. The number of aryl methyl sites for hydroxylation is 1. The summed E-state index contributed by atoms with van der Waals surface area (Å²) in [6, 6.07) is 1.10. The quantitative estimate of drug-likeness (QED) is 0.786. The van der Waals surface area contributed by atoms with E-state index < -0.39 is 11.7 Å². The van der Waals surface area contributed by atoms with Crippen LogP contribution in [0.2, 0.25) is 0 Å². The Kier molecular flexibility index (Phi) is 6.78. The highest BCUT2D eigenvalue weighted by Crippen LogP contribution is 2.32. The maximum atomic E-state index is 13.8. The lowest BCUT2D eigenvalue weighted by Gasteiger charge is -2.19. The van der Waals surface area contributed by atoms with Crippen LogP contribution in [-0.4, -0.2) is 49.8 Å². The Labute approximate surface area is 186 Å². The van der Waals surface area contributed by atoms with Crippen LogP contribution in [0.4, 0.5) is 4.39 Å². The molecule has 0 spiro atoms. The van der Waals surface area contributed by atoms with Crippen LogP contribution in [0.3, 0.4) is 0 Å². The van der Waals surface area contributed by atoms with Gasteiger partial charge in [0, 0.05) is 24.7 Å². The summed E-state index contributed by atoms with van der Waals surface area (Å²) in [4.78, 5) is 35.3. The lowest BCUT2D eigenvalue weighted by Crippen LogP contribution is -2.26. The van der Waals surface area contributed by atoms with E-state index in [0.29, 0.717) is 33.9 Å². The van der Waals surface area contributed by atoms with Crippen molar-refractivity contribution in [2.45, 2.75) is 46.3 Å². The van der Waals surface area contributed by atoms with Crippen molar-refractivity contribution >= 4 is 11.6 Å². The average Bonchev–Trinajstić information content (AvgIpc) is 2.84. The summed E-state index contributed by atoms with van der Waals surface area (Å²) in [6.07, 6.45) is 6.53. The highest BCUT2D eigenvalue weighted by Gasteiger charge is 2.25. The molecule has 2 aromatic heterocycles. The Balaban J connectivity index is 2.17. The number of halogens is 1. The minimum absolute atomic E-state index is 0.0232. The van der Waals surface area contributed by atoms with Crippen LogP contribution < -0.4 is 11.3 Å². The molecule has 2 N–H and O–H groups in total. The fraction of sp³-hybridized carbons (Fsp3) is 0.348. The van der Waals surface area contributed by atoms with E-state index >= 15 is 0 Å². The van der Waals surface area contributed by atoms with Gasteiger partial charge < -0.3 is 10.6 Å². The van der Waals surface area contributed by atoms with Gasteiger partial charge in [-0.25, -0.2) is 14.4 Å². The summed E-state index contributed by atoms with van der Waals surface area (Å²) in [7, 11) is 1.62. The first kappa shape index (κ1) is 23.2. The summed E-state index contributed by atoms with van der Waals surface area (Å²) in [6.45, 7) is 6.84. The molecule has 1 amide bonds. The molecule has 1 aliphatic heterocycles. The molecule has 0 aliphatic carbocycles. The number of hydrogen-bond donors (Lipinski definition) is 1. The monoisotopic (exact) mass is 438 g/mol. The van der Waals surface area contributed by atoms with E-state index in [1.807, 2.05) is 13.8 Å². The molecule has 32 heavy (non-hydrogen) atoms. The summed E-state index contributed by atoms with van der Waals surface area (Å²) in [5.74, 6) is 0.351. The van der Waals surface area contributed by atoms with Gasteiger partial charge in [0.2, 0.25) is 5.91 Å². The number of allylic oxidation sites excluding steroid dienone is 3. The standard InChI is InChI=1S/C23H27FN6O2/c1-13(24)6-17-7-22(31)29(5)21(9-20(17)14(2)15(3)25)18-8-23(32)30(28-10-18)19-11-26-16(4)27-12-19/h6,8-13,15H,7,25H2,1-5H3/b17-6-,20-14+/t13?,15-/m1/s1. The van der Waals surface area contributed by atoms with E-state index in [1.165, 1.54) is 47.2 Å². The van der Waals surface area contributed by atoms with Crippen molar-refractivity contribution in [2.24, 2.45) is 5.73 Å². The number of carbonyl (C=O) groups excluding carboxylic acids is 1. The van der Waals surface area contributed by atoms with Gasteiger partial charge in [-0.1, -0.05) is 0 Å². The molecule has 168 valence electrons. The lowest BCUT2D eigenvalue weighted by atomic mass is 9.93. The second-order valence-corrected chi connectivity index (χ2v) is 7.90. The summed E-state index contributed by atoms with van der Waals surface area (Å²) >= 11 is 0. The molecule has 9 heteroatoms. The zero-order valence-electron chi connectivity index (χ0n) is 18.8. The molecule has 0 fully saturated rings. The Bertz CT molecular complexity index is 1180. The van der Waals surface area contributed by atoms with Crippen LogP contribution >= 0.6 is 0 Å². The molecule has 0 aromatic carbocycles. The predicted molar refractivity (Wildman–Crippen MR) is 121 cm³/mol. The van der Waals surface area contributed by atoms with Crippen LogP contribution in [0.25, 0.3) is 11.4 Å². The van der Waals surface area contributed by atoms with E-state index in [9.17, 15) is 14.0 Å². The van der Waals surface area contributed by atoms with Gasteiger partial charge in [-0.15, -0.1) is 0 Å². The van der Waals surface area contributed by atoms with E-state index in [1.54, 1.807) is 20.0 Å². The molecular weight excluding hydrogens is 411 g/mol. The van der Waals surface area contributed by atoms with Crippen LogP contribution in [0.5, 0.6) is 0 Å². The highest BCUT2D eigenvalue weighted by atomic mass is 19.1. The fourth-order valence-corrected chi connectivity index (χ4v) is 3.39. The van der Waals surface area contributed by atoms with Crippen LogP contribution in [0, 0.1) is 6.92 Å².